The van der Waals surface area contributed by atoms with E-state index in [1.807, 2.05) is 25.1 Å². The second kappa shape index (κ2) is 6.78. The van der Waals surface area contributed by atoms with Gasteiger partial charge in [-0.2, -0.15) is 0 Å². The predicted molar refractivity (Wildman–Crippen MR) is 104 cm³/mol. The average molecular weight is 380 g/mol. The quantitative estimate of drug-likeness (QED) is 0.454. The summed E-state index contributed by atoms with van der Waals surface area (Å²) >= 11 is 6.12. The number of benzene rings is 2. The Balaban J connectivity index is 1.80. The number of halogens is 1. The van der Waals surface area contributed by atoms with E-state index in [1.165, 1.54) is 11.0 Å². The smallest absolute Gasteiger partial charge is 0.238 e. The van der Waals surface area contributed by atoms with E-state index in [0.717, 1.165) is 0 Å². The van der Waals surface area contributed by atoms with Crippen LogP contribution < -0.4 is 4.90 Å². The van der Waals surface area contributed by atoms with Gasteiger partial charge in [0.05, 0.1) is 17.5 Å². The van der Waals surface area contributed by atoms with Gasteiger partial charge in [0.2, 0.25) is 11.8 Å². The Morgan fingerprint density at radius 2 is 1.81 bits per heavy atom. The maximum Gasteiger partial charge on any atom is 0.238 e. The van der Waals surface area contributed by atoms with Crippen molar-refractivity contribution in [1.29, 1.82) is 0 Å². The second-order valence-corrected chi connectivity index (χ2v) is 7.46. The zero-order valence-corrected chi connectivity index (χ0v) is 15.5. The zero-order chi connectivity index (χ0) is 19.1. The number of rotatable bonds is 3. The van der Waals surface area contributed by atoms with Gasteiger partial charge in [-0.3, -0.25) is 14.4 Å². The van der Waals surface area contributed by atoms with Crippen molar-refractivity contribution in [1.82, 2.24) is 0 Å². The van der Waals surface area contributed by atoms with E-state index in [-0.39, 0.29) is 40.9 Å². The molecule has 3 atom stereocenters. The highest BCUT2D eigenvalue weighted by Crippen LogP contribution is 2.41. The van der Waals surface area contributed by atoms with E-state index in [9.17, 15) is 14.4 Å². The Morgan fingerprint density at radius 1 is 1.07 bits per heavy atom. The molecule has 2 aromatic rings. The fourth-order valence-electron chi connectivity index (χ4n) is 4.02. The highest BCUT2D eigenvalue weighted by Gasteiger charge is 2.51. The lowest BCUT2D eigenvalue weighted by Crippen LogP contribution is -2.33. The summed E-state index contributed by atoms with van der Waals surface area (Å²) in [7, 11) is 0. The number of fused-ring (bicyclic) bond motifs is 1. The van der Waals surface area contributed by atoms with Crippen molar-refractivity contribution >= 4 is 34.9 Å². The van der Waals surface area contributed by atoms with Crippen LogP contribution in [0.5, 0.6) is 0 Å². The summed E-state index contributed by atoms with van der Waals surface area (Å²) in [5.74, 6) is -1.51. The normalized spacial score (nSPS) is 24.2. The first-order chi connectivity index (χ1) is 13.0. The van der Waals surface area contributed by atoms with Gasteiger partial charge in [-0.15, -0.1) is 0 Å². The summed E-state index contributed by atoms with van der Waals surface area (Å²) in [4.78, 5) is 40.3. The molecule has 1 heterocycles. The van der Waals surface area contributed by atoms with Gasteiger partial charge in [0.15, 0.2) is 5.78 Å². The molecule has 0 spiro atoms. The number of nitrogens with zero attached hydrogens (tertiary/aromatic N) is 1. The number of hydrogen-bond acceptors (Lipinski definition) is 3. The summed E-state index contributed by atoms with van der Waals surface area (Å²) in [5, 5.41) is 0.379. The number of allylic oxidation sites excluding steroid dienone is 2. The lowest BCUT2D eigenvalue weighted by atomic mass is 9.78. The van der Waals surface area contributed by atoms with Gasteiger partial charge in [0.25, 0.3) is 0 Å². The average Bonchev–Trinajstić information content (AvgIpc) is 2.94. The first kappa shape index (κ1) is 17.7. The summed E-state index contributed by atoms with van der Waals surface area (Å²) in [5.41, 5.74) is 1.05. The van der Waals surface area contributed by atoms with Gasteiger partial charge in [-0.05, 0) is 30.5 Å². The molecular weight excluding hydrogens is 362 g/mol. The molecule has 1 aliphatic heterocycles. The maximum absolute atomic E-state index is 13.1. The summed E-state index contributed by atoms with van der Waals surface area (Å²) in [6, 6.07) is 13.5. The number of anilines is 1. The number of imide groups is 1. The van der Waals surface area contributed by atoms with Crippen molar-refractivity contribution in [2.45, 2.75) is 13.3 Å². The van der Waals surface area contributed by atoms with Crippen LogP contribution in [-0.2, 0) is 9.59 Å². The van der Waals surface area contributed by atoms with E-state index in [2.05, 4.69) is 0 Å². The predicted octanol–water partition coefficient (Wildman–Crippen LogP) is 4.27. The fourth-order valence-corrected chi connectivity index (χ4v) is 4.19. The number of ketones is 1. The maximum atomic E-state index is 13.1. The highest BCUT2D eigenvalue weighted by atomic mass is 35.5. The molecule has 0 aromatic heterocycles. The van der Waals surface area contributed by atoms with Crippen molar-refractivity contribution in [2.75, 3.05) is 4.90 Å². The minimum absolute atomic E-state index is 0.00854. The van der Waals surface area contributed by atoms with Crippen LogP contribution >= 0.6 is 11.6 Å². The molecule has 2 aliphatic rings. The second-order valence-electron chi connectivity index (χ2n) is 7.02. The minimum Gasteiger partial charge on any atom is -0.289 e. The molecule has 136 valence electrons. The molecule has 27 heavy (non-hydrogen) atoms. The van der Waals surface area contributed by atoms with Crippen molar-refractivity contribution in [3.05, 3.63) is 76.8 Å². The van der Waals surface area contributed by atoms with Crippen LogP contribution in [-0.4, -0.2) is 17.6 Å². The zero-order valence-electron chi connectivity index (χ0n) is 14.8. The first-order valence-corrected chi connectivity index (χ1v) is 9.30. The van der Waals surface area contributed by atoms with E-state index in [1.54, 1.807) is 36.4 Å². The van der Waals surface area contributed by atoms with Crippen LogP contribution in [0.15, 0.2) is 60.7 Å². The molecule has 5 heteroatoms. The SMILES string of the molecule is C[C@H]1C=CC[C@@H]2C(=O)N(c3ccc(Cl)cc3C(=O)c3ccccc3)C(=O)[C@@H]21. The van der Waals surface area contributed by atoms with Gasteiger partial charge in [-0.25, -0.2) is 4.90 Å². The van der Waals surface area contributed by atoms with Crippen LogP contribution in [0.1, 0.15) is 29.3 Å². The van der Waals surface area contributed by atoms with E-state index in [0.29, 0.717) is 22.7 Å². The van der Waals surface area contributed by atoms with Crippen LogP contribution in [0.2, 0.25) is 5.02 Å². The summed E-state index contributed by atoms with van der Waals surface area (Å²) < 4.78 is 0. The van der Waals surface area contributed by atoms with Crippen molar-refractivity contribution in [3.8, 4) is 0 Å². The first-order valence-electron chi connectivity index (χ1n) is 8.93. The Labute approximate surface area is 162 Å². The number of hydrogen-bond donors (Lipinski definition) is 0. The molecular formula is C22H18ClNO3. The summed E-state index contributed by atoms with van der Waals surface area (Å²) in [6.45, 7) is 1.94. The van der Waals surface area contributed by atoms with Gasteiger partial charge in [-0.1, -0.05) is 61.0 Å². The molecule has 2 aromatic carbocycles. The third kappa shape index (κ3) is 2.90. The third-order valence-electron chi connectivity index (χ3n) is 5.35. The van der Waals surface area contributed by atoms with Gasteiger partial charge in [0.1, 0.15) is 0 Å². The number of carbonyl (C=O) groups is 3. The lowest BCUT2D eigenvalue weighted by molar-refractivity contribution is -0.122. The molecule has 2 amide bonds. The Kier molecular flexibility index (Phi) is 4.44. The Hall–Kier alpha value is -2.72. The van der Waals surface area contributed by atoms with Gasteiger partial charge >= 0.3 is 0 Å². The molecule has 0 bridgehead atoms. The van der Waals surface area contributed by atoms with Crippen LogP contribution in [0.25, 0.3) is 0 Å². The molecule has 0 unspecified atom stereocenters. The van der Waals surface area contributed by atoms with E-state index < -0.39 is 0 Å². The molecule has 0 radical (unpaired) electrons. The Bertz CT molecular complexity index is 967. The van der Waals surface area contributed by atoms with Crippen molar-refractivity contribution in [2.24, 2.45) is 17.8 Å². The van der Waals surface area contributed by atoms with Crippen LogP contribution in [0, 0.1) is 17.8 Å². The minimum atomic E-state index is -0.377. The molecule has 0 N–H and O–H groups in total. The lowest BCUT2D eigenvalue weighted by Gasteiger charge is -2.22. The van der Waals surface area contributed by atoms with Crippen LogP contribution in [0.3, 0.4) is 0 Å². The molecule has 4 rings (SSSR count). The van der Waals surface area contributed by atoms with Gasteiger partial charge < -0.3 is 0 Å². The molecule has 1 saturated heterocycles. The monoisotopic (exact) mass is 379 g/mol. The van der Waals surface area contributed by atoms with Crippen molar-refractivity contribution in [3.63, 3.8) is 0 Å². The van der Waals surface area contributed by atoms with E-state index in [4.69, 9.17) is 11.6 Å². The summed E-state index contributed by atoms with van der Waals surface area (Å²) in [6.07, 6.45) is 4.48. The topological polar surface area (TPSA) is 54.5 Å². The molecule has 1 fully saturated rings. The number of carbonyl (C=O) groups excluding carboxylic acids is 3. The molecule has 0 saturated carbocycles. The fraction of sp³-hybridized carbons (Fsp3) is 0.227. The van der Waals surface area contributed by atoms with E-state index >= 15 is 0 Å². The Morgan fingerprint density at radius 3 is 2.52 bits per heavy atom. The molecule has 1 aliphatic carbocycles. The highest BCUT2D eigenvalue weighted by molar-refractivity contribution is 6.32. The number of amides is 2. The third-order valence-corrected chi connectivity index (χ3v) is 5.59. The standard InChI is InChI=1S/C22H18ClNO3/c1-13-6-5-9-16-19(13)22(27)24(21(16)26)18-11-10-15(23)12-17(18)20(25)14-7-3-2-4-8-14/h2-8,10-13,16,19H,9H2,1H3/t13-,16-,19+/m0/s1. The van der Waals surface area contributed by atoms with Crippen LogP contribution in [0.4, 0.5) is 5.69 Å². The van der Waals surface area contributed by atoms with Crippen molar-refractivity contribution < 1.29 is 14.4 Å². The molecule has 4 nitrogen and oxygen atoms in total. The van der Waals surface area contributed by atoms with Gasteiger partial charge in [0, 0.05) is 16.1 Å². The largest absolute Gasteiger partial charge is 0.289 e.